The number of aliphatic carboxylic acids is 1. The number of carbonyl (C=O) groups is 1. The maximum absolute atomic E-state index is 11.4. The summed E-state index contributed by atoms with van der Waals surface area (Å²) in [6, 6.07) is 5.46. The highest BCUT2D eigenvalue weighted by molar-refractivity contribution is 5.81. The lowest BCUT2D eigenvalue weighted by molar-refractivity contribution is -0.139. The van der Waals surface area contributed by atoms with Crippen molar-refractivity contribution in [1.29, 1.82) is 0 Å². The third-order valence-electron chi connectivity index (χ3n) is 4.24. The molecule has 3 atom stereocenters. The zero-order chi connectivity index (χ0) is 12.7. The number of nitrogens with one attached hydrogen (secondary N) is 1. The molecule has 0 aromatic heterocycles. The van der Waals surface area contributed by atoms with Crippen LogP contribution in [0.5, 0.6) is 5.75 Å². The normalized spacial score (nSPS) is 29.1. The van der Waals surface area contributed by atoms with Crippen molar-refractivity contribution in [3.05, 3.63) is 23.8 Å². The third kappa shape index (κ3) is 1.55. The van der Waals surface area contributed by atoms with Gasteiger partial charge in [0, 0.05) is 0 Å². The van der Waals surface area contributed by atoms with Crippen LogP contribution in [0.15, 0.2) is 18.2 Å². The number of hydrogen-bond donors (Lipinski definition) is 2. The zero-order valence-electron chi connectivity index (χ0n) is 10.3. The summed E-state index contributed by atoms with van der Waals surface area (Å²) in [7, 11) is 1.62. The summed E-state index contributed by atoms with van der Waals surface area (Å²) < 4.78 is 5.33. The second kappa shape index (κ2) is 4.19. The molecule has 1 aromatic rings. The maximum atomic E-state index is 11.4. The topological polar surface area (TPSA) is 58.6 Å². The number of methoxy groups -OCH3 is 1. The monoisotopic (exact) mass is 247 g/mol. The fraction of sp³-hybridized carbons (Fsp3) is 0.500. The minimum absolute atomic E-state index is 0.210. The van der Waals surface area contributed by atoms with Gasteiger partial charge in [-0.25, -0.2) is 4.79 Å². The van der Waals surface area contributed by atoms with Crippen LogP contribution >= 0.6 is 0 Å². The molecular formula is C14H17NO3. The average Bonchev–Trinajstić information content (AvgIpc) is 2.86. The van der Waals surface area contributed by atoms with Gasteiger partial charge in [-0.3, -0.25) is 0 Å². The Morgan fingerprint density at radius 2 is 2.28 bits per heavy atom. The molecule has 0 amide bonds. The van der Waals surface area contributed by atoms with Crippen LogP contribution in [0, 0.1) is 5.92 Å². The van der Waals surface area contributed by atoms with E-state index in [1.165, 1.54) is 5.56 Å². The minimum atomic E-state index is -0.761. The van der Waals surface area contributed by atoms with Gasteiger partial charge in [-0.15, -0.1) is 0 Å². The predicted octanol–water partition coefficient (Wildman–Crippen LogP) is 2.46. The van der Waals surface area contributed by atoms with Crippen LogP contribution in [0.4, 0.5) is 5.69 Å². The van der Waals surface area contributed by atoms with Crippen molar-refractivity contribution in [2.24, 2.45) is 5.92 Å². The Bertz CT molecular complexity index is 486. The summed E-state index contributed by atoms with van der Waals surface area (Å²) in [4.78, 5) is 11.4. The standard InChI is InChI=1S/C14H17NO3/c1-18-11-7-3-6-9-8-4-2-5-10(8)13(14(16)17)15-12(9)11/h3,6-8,10,13,15H,2,4-5H2,1H3,(H,16,17). The average molecular weight is 247 g/mol. The van der Waals surface area contributed by atoms with Crippen LogP contribution < -0.4 is 10.1 Å². The van der Waals surface area contributed by atoms with Crippen LogP contribution in [0.1, 0.15) is 30.7 Å². The Labute approximate surface area is 106 Å². The van der Waals surface area contributed by atoms with Gasteiger partial charge in [-0.05, 0) is 36.3 Å². The van der Waals surface area contributed by atoms with E-state index in [4.69, 9.17) is 4.74 Å². The third-order valence-corrected chi connectivity index (χ3v) is 4.24. The highest BCUT2D eigenvalue weighted by Gasteiger charge is 2.43. The number of carboxylic acid groups (broad SMARTS) is 1. The summed E-state index contributed by atoms with van der Waals surface area (Å²) in [5.74, 6) is 0.548. The summed E-state index contributed by atoms with van der Waals surface area (Å²) in [6.07, 6.45) is 3.18. The number of hydrogen-bond acceptors (Lipinski definition) is 3. The SMILES string of the molecule is COc1cccc2c1NC(C(=O)O)C1CCCC21. The molecule has 0 spiro atoms. The van der Waals surface area contributed by atoms with Crippen LogP contribution in [0.25, 0.3) is 0 Å². The van der Waals surface area contributed by atoms with Crippen LogP contribution in [-0.2, 0) is 4.79 Å². The van der Waals surface area contributed by atoms with Gasteiger partial charge in [-0.1, -0.05) is 18.6 Å². The van der Waals surface area contributed by atoms with E-state index in [1.54, 1.807) is 7.11 Å². The molecule has 18 heavy (non-hydrogen) atoms. The Morgan fingerprint density at radius 3 is 3.00 bits per heavy atom. The van der Waals surface area contributed by atoms with Gasteiger partial charge in [0.2, 0.25) is 0 Å². The predicted molar refractivity (Wildman–Crippen MR) is 68.1 cm³/mol. The number of benzene rings is 1. The summed E-state index contributed by atoms with van der Waals surface area (Å²) >= 11 is 0. The molecule has 4 heteroatoms. The van der Waals surface area contributed by atoms with E-state index < -0.39 is 12.0 Å². The maximum Gasteiger partial charge on any atom is 0.326 e. The molecule has 3 unspecified atom stereocenters. The first-order valence-electron chi connectivity index (χ1n) is 6.38. The highest BCUT2D eigenvalue weighted by atomic mass is 16.5. The molecule has 0 radical (unpaired) electrons. The zero-order valence-corrected chi connectivity index (χ0v) is 10.3. The van der Waals surface area contributed by atoms with Gasteiger partial charge in [-0.2, -0.15) is 0 Å². The van der Waals surface area contributed by atoms with E-state index in [-0.39, 0.29) is 5.92 Å². The molecule has 1 aliphatic heterocycles. The Morgan fingerprint density at radius 1 is 1.44 bits per heavy atom. The van der Waals surface area contributed by atoms with Crippen molar-refractivity contribution in [2.75, 3.05) is 12.4 Å². The van der Waals surface area contributed by atoms with Crippen molar-refractivity contribution in [1.82, 2.24) is 0 Å². The molecule has 1 aliphatic carbocycles. The summed E-state index contributed by atoms with van der Waals surface area (Å²) in [5.41, 5.74) is 2.09. The first-order valence-corrected chi connectivity index (χ1v) is 6.38. The van der Waals surface area contributed by atoms with Crippen molar-refractivity contribution in [3.63, 3.8) is 0 Å². The molecule has 1 fully saturated rings. The second-order valence-electron chi connectivity index (χ2n) is 5.09. The molecular weight excluding hydrogens is 230 g/mol. The first kappa shape index (κ1) is 11.4. The van der Waals surface area contributed by atoms with Gasteiger partial charge in [0.15, 0.2) is 0 Å². The number of fused-ring (bicyclic) bond motifs is 3. The van der Waals surface area contributed by atoms with Gasteiger partial charge in [0.25, 0.3) is 0 Å². The molecule has 0 saturated heterocycles. The lowest BCUT2D eigenvalue weighted by atomic mass is 9.79. The number of anilines is 1. The van der Waals surface area contributed by atoms with Crippen LogP contribution in [0.2, 0.25) is 0 Å². The first-order chi connectivity index (χ1) is 8.72. The Hall–Kier alpha value is -1.71. The molecule has 3 rings (SSSR count). The van der Waals surface area contributed by atoms with Crippen LogP contribution in [0.3, 0.4) is 0 Å². The Kier molecular flexibility index (Phi) is 2.65. The fourth-order valence-electron chi connectivity index (χ4n) is 3.46. The van der Waals surface area contributed by atoms with Gasteiger partial charge in [0.05, 0.1) is 12.8 Å². The Balaban J connectivity index is 2.09. The number of ether oxygens (including phenoxy) is 1. The molecule has 2 aliphatic rings. The van der Waals surface area contributed by atoms with E-state index in [0.717, 1.165) is 30.7 Å². The highest BCUT2D eigenvalue weighted by Crippen LogP contribution is 2.50. The summed E-state index contributed by atoms with van der Waals surface area (Å²) in [5, 5.41) is 12.5. The second-order valence-corrected chi connectivity index (χ2v) is 5.09. The molecule has 1 heterocycles. The van der Waals surface area contributed by atoms with Gasteiger partial charge >= 0.3 is 5.97 Å². The van der Waals surface area contributed by atoms with E-state index >= 15 is 0 Å². The van der Waals surface area contributed by atoms with Crippen molar-refractivity contribution in [3.8, 4) is 5.75 Å². The quantitative estimate of drug-likeness (QED) is 0.842. The number of rotatable bonds is 2. The molecule has 96 valence electrons. The lowest BCUT2D eigenvalue weighted by Crippen LogP contribution is -2.41. The largest absolute Gasteiger partial charge is 0.495 e. The van der Waals surface area contributed by atoms with Crippen molar-refractivity contribution in [2.45, 2.75) is 31.2 Å². The smallest absolute Gasteiger partial charge is 0.326 e. The van der Waals surface area contributed by atoms with E-state index in [1.807, 2.05) is 12.1 Å². The molecule has 4 nitrogen and oxygen atoms in total. The minimum Gasteiger partial charge on any atom is -0.495 e. The molecule has 1 aromatic carbocycles. The van der Waals surface area contributed by atoms with Crippen molar-refractivity contribution < 1.29 is 14.6 Å². The molecule has 0 bridgehead atoms. The molecule has 1 saturated carbocycles. The van der Waals surface area contributed by atoms with Gasteiger partial charge < -0.3 is 15.2 Å². The lowest BCUT2D eigenvalue weighted by Gasteiger charge is -2.35. The van der Waals surface area contributed by atoms with E-state index in [9.17, 15) is 9.90 Å². The number of carboxylic acids is 1. The summed E-state index contributed by atoms with van der Waals surface area (Å²) in [6.45, 7) is 0. The van der Waals surface area contributed by atoms with E-state index in [0.29, 0.717) is 5.92 Å². The van der Waals surface area contributed by atoms with E-state index in [2.05, 4.69) is 11.4 Å². The van der Waals surface area contributed by atoms with Crippen molar-refractivity contribution >= 4 is 11.7 Å². The fourth-order valence-corrected chi connectivity index (χ4v) is 3.46. The number of para-hydroxylation sites is 1. The van der Waals surface area contributed by atoms with Gasteiger partial charge in [0.1, 0.15) is 11.8 Å². The molecule has 2 N–H and O–H groups in total. The van der Waals surface area contributed by atoms with Crippen LogP contribution in [-0.4, -0.2) is 24.2 Å².